The maximum absolute atomic E-state index is 11.0. The molecule has 0 bridgehead atoms. The minimum Gasteiger partial charge on any atom is -0.496 e. The number of rotatable bonds is 4. The molecule has 6 heteroatoms. The second kappa shape index (κ2) is 5.68. The summed E-state index contributed by atoms with van der Waals surface area (Å²) in [5, 5.41) is 14.2. The second-order valence-corrected chi connectivity index (χ2v) is 4.17. The van der Waals surface area contributed by atoms with E-state index >= 15 is 0 Å². The number of hydrogen-bond donors (Lipinski definition) is 1. The van der Waals surface area contributed by atoms with Crippen LogP contribution in [0.1, 0.15) is 12.8 Å². The maximum Gasteiger partial charge on any atom is 0.296 e. The third kappa shape index (κ3) is 2.89. The fourth-order valence-corrected chi connectivity index (χ4v) is 1.97. The summed E-state index contributed by atoms with van der Waals surface area (Å²) in [7, 11) is 1.49. The zero-order valence-corrected chi connectivity index (χ0v) is 10.2. The van der Waals surface area contributed by atoms with Crippen LogP contribution in [-0.4, -0.2) is 31.3 Å². The molecule has 1 fully saturated rings. The van der Waals surface area contributed by atoms with Crippen LogP contribution < -0.4 is 10.1 Å². The van der Waals surface area contributed by atoms with E-state index in [0.717, 1.165) is 12.8 Å². The molecule has 1 aliphatic heterocycles. The lowest BCUT2D eigenvalue weighted by Crippen LogP contribution is -2.28. The summed E-state index contributed by atoms with van der Waals surface area (Å²) < 4.78 is 10.3. The van der Waals surface area contributed by atoms with Crippen molar-refractivity contribution in [2.75, 3.05) is 25.6 Å². The van der Waals surface area contributed by atoms with Crippen LogP contribution in [0.25, 0.3) is 0 Å². The zero-order chi connectivity index (χ0) is 13.0. The molecule has 0 aromatic heterocycles. The van der Waals surface area contributed by atoms with Crippen molar-refractivity contribution in [3.05, 3.63) is 28.3 Å². The van der Waals surface area contributed by atoms with Gasteiger partial charge in [0, 0.05) is 19.3 Å². The third-order valence-corrected chi connectivity index (χ3v) is 2.98. The Balaban J connectivity index is 2.17. The fourth-order valence-electron chi connectivity index (χ4n) is 1.97. The summed E-state index contributed by atoms with van der Waals surface area (Å²) in [5.74, 6) is 0.485. The third-order valence-electron chi connectivity index (χ3n) is 2.98. The molecular formula is C12H16N2O4. The molecule has 0 unspecified atom stereocenters. The van der Waals surface area contributed by atoms with Crippen molar-refractivity contribution in [2.24, 2.45) is 0 Å². The number of nitro benzene ring substituents is 1. The van der Waals surface area contributed by atoms with Crippen molar-refractivity contribution in [1.82, 2.24) is 0 Å². The van der Waals surface area contributed by atoms with E-state index in [1.54, 1.807) is 12.1 Å². The van der Waals surface area contributed by atoms with E-state index in [9.17, 15) is 10.1 Å². The molecule has 1 aromatic carbocycles. The van der Waals surface area contributed by atoms with Crippen LogP contribution in [0.4, 0.5) is 11.4 Å². The Kier molecular flexibility index (Phi) is 3.99. The molecule has 2 rings (SSSR count). The number of methoxy groups -OCH3 is 1. The Bertz CT molecular complexity index is 430. The SMILES string of the molecule is COc1ccc(NC2CCOCC2)c([N+](=O)[O-])c1. The highest BCUT2D eigenvalue weighted by molar-refractivity contribution is 5.64. The van der Waals surface area contributed by atoms with Gasteiger partial charge in [-0.05, 0) is 25.0 Å². The minimum absolute atomic E-state index is 0.0424. The van der Waals surface area contributed by atoms with E-state index in [-0.39, 0.29) is 11.7 Å². The highest BCUT2D eigenvalue weighted by Crippen LogP contribution is 2.30. The summed E-state index contributed by atoms with van der Waals surface area (Å²) in [6.45, 7) is 1.39. The highest BCUT2D eigenvalue weighted by Gasteiger charge is 2.19. The van der Waals surface area contributed by atoms with Gasteiger partial charge in [0.2, 0.25) is 0 Å². The van der Waals surface area contributed by atoms with Gasteiger partial charge in [-0.15, -0.1) is 0 Å². The molecule has 1 saturated heterocycles. The average molecular weight is 252 g/mol. The van der Waals surface area contributed by atoms with Gasteiger partial charge in [0.15, 0.2) is 0 Å². The lowest BCUT2D eigenvalue weighted by molar-refractivity contribution is -0.384. The quantitative estimate of drug-likeness (QED) is 0.656. The molecule has 18 heavy (non-hydrogen) atoms. The summed E-state index contributed by atoms with van der Waals surface area (Å²) in [6.07, 6.45) is 1.73. The van der Waals surface area contributed by atoms with Crippen molar-refractivity contribution in [1.29, 1.82) is 0 Å². The van der Waals surface area contributed by atoms with Crippen molar-refractivity contribution in [3.63, 3.8) is 0 Å². The number of ether oxygens (including phenoxy) is 2. The van der Waals surface area contributed by atoms with Crippen LogP contribution in [0.15, 0.2) is 18.2 Å². The van der Waals surface area contributed by atoms with Gasteiger partial charge < -0.3 is 14.8 Å². The van der Waals surface area contributed by atoms with Crippen molar-refractivity contribution in [3.8, 4) is 5.75 Å². The molecular weight excluding hydrogens is 236 g/mol. The smallest absolute Gasteiger partial charge is 0.296 e. The lowest BCUT2D eigenvalue weighted by Gasteiger charge is -2.24. The van der Waals surface area contributed by atoms with Gasteiger partial charge in [-0.3, -0.25) is 10.1 Å². The van der Waals surface area contributed by atoms with Crippen LogP contribution in [-0.2, 0) is 4.74 Å². The summed E-state index contributed by atoms with van der Waals surface area (Å²) in [4.78, 5) is 10.6. The van der Waals surface area contributed by atoms with E-state index in [1.807, 2.05) is 0 Å². The molecule has 1 aromatic rings. The number of benzene rings is 1. The Morgan fingerprint density at radius 3 is 2.78 bits per heavy atom. The summed E-state index contributed by atoms with van der Waals surface area (Å²) >= 11 is 0. The van der Waals surface area contributed by atoms with Crippen LogP contribution >= 0.6 is 0 Å². The Morgan fingerprint density at radius 2 is 2.17 bits per heavy atom. The van der Waals surface area contributed by atoms with E-state index in [1.165, 1.54) is 13.2 Å². The van der Waals surface area contributed by atoms with Crippen LogP contribution in [0.3, 0.4) is 0 Å². The molecule has 0 spiro atoms. The molecule has 0 atom stereocenters. The topological polar surface area (TPSA) is 73.6 Å². The van der Waals surface area contributed by atoms with Crippen molar-refractivity contribution in [2.45, 2.75) is 18.9 Å². The molecule has 1 heterocycles. The van der Waals surface area contributed by atoms with Crippen LogP contribution in [0.2, 0.25) is 0 Å². The van der Waals surface area contributed by atoms with Crippen molar-refractivity contribution < 1.29 is 14.4 Å². The van der Waals surface area contributed by atoms with Crippen LogP contribution in [0.5, 0.6) is 5.75 Å². The molecule has 6 nitrogen and oxygen atoms in total. The number of nitro groups is 1. The van der Waals surface area contributed by atoms with Gasteiger partial charge in [-0.2, -0.15) is 0 Å². The first-order valence-electron chi connectivity index (χ1n) is 5.87. The van der Waals surface area contributed by atoms with Gasteiger partial charge >= 0.3 is 0 Å². The molecule has 1 N–H and O–H groups in total. The maximum atomic E-state index is 11.0. The van der Waals surface area contributed by atoms with Gasteiger partial charge in [0.25, 0.3) is 5.69 Å². The first-order chi connectivity index (χ1) is 8.70. The predicted molar refractivity (Wildman–Crippen MR) is 67.1 cm³/mol. The van der Waals surface area contributed by atoms with E-state index in [4.69, 9.17) is 9.47 Å². The number of anilines is 1. The Labute approximate surface area is 105 Å². The van der Waals surface area contributed by atoms with Crippen LogP contribution in [0, 0.1) is 10.1 Å². The second-order valence-electron chi connectivity index (χ2n) is 4.17. The fraction of sp³-hybridized carbons (Fsp3) is 0.500. The standard InChI is InChI=1S/C12H16N2O4/c1-17-10-2-3-11(12(8-10)14(15)16)13-9-4-6-18-7-5-9/h2-3,8-9,13H,4-7H2,1H3. The number of hydrogen-bond acceptors (Lipinski definition) is 5. The lowest BCUT2D eigenvalue weighted by atomic mass is 10.1. The number of nitrogens with one attached hydrogen (secondary N) is 1. The molecule has 98 valence electrons. The van der Waals surface area contributed by atoms with Crippen molar-refractivity contribution >= 4 is 11.4 Å². The average Bonchev–Trinajstić information content (AvgIpc) is 2.40. The molecule has 0 radical (unpaired) electrons. The van der Waals surface area contributed by atoms with E-state index in [0.29, 0.717) is 24.7 Å². The Morgan fingerprint density at radius 1 is 1.44 bits per heavy atom. The van der Waals surface area contributed by atoms with Gasteiger partial charge in [-0.1, -0.05) is 0 Å². The monoisotopic (exact) mass is 252 g/mol. The normalized spacial score (nSPS) is 16.3. The zero-order valence-electron chi connectivity index (χ0n) is 10.2. The first-order valence-corrected chi connectivity index (χ1v) is 5.87. The van der Waals surface area contributed by atoms with Gasteiger partial charge in [0.1, 0.15) is 11.4 Å². The molecule has 0 saturated carbocycles. The minimum atomic E-state index is -0.399. The molecule has 1 aliphatic rings. The predicted octanol–water partition coefficient (Wildman–Crippen LogP) is 2.19. The summed E-state index contributed by atoms with van der Waals surface area (Å²) in [6, 6.07) is 5.06. The first kappa shape index (κ1) is 12.6. The van der Waals surface area contributed by atoms with E-state index in [2.05, 4.69) is 5.32 Å². The largest absolute Gasteiger partial charge is 0.496 e. The van der Waals surface area contributed by atoms with Gasteiger partial charge in [0.05, 0.1) is 18.1 Å². The van der Waals surface area contributed by atoms with E-state index < -0.39 is 4.92 Å². The molecule has 0 aliphatic carbocycles. The van der Waals surface area contributed by atoms with Gasteiger partial charge in [-0.25, -0.2) is 0 Å². The highest BCUT2D eigenvalue weighted by atomic mass is 16.6. The summed E-state index contributed by atoms with van der Waals surface area (Å²) in [5.41, 5.74) is 0.577. The number of nitrogens with zero attached hydrogens (tertiary/aromatic N) is 1. The molecule has 0 amide bonds. The Hall–Kier alpha value is -1.82.